The average Bonchev–Trinajstić information content (AvgIpc) is 2.49. The normalized spacial score (nSPS) is 23.1. The van der Waals surface area contributed by atoms with E-state index in [1.807, 2.05) is 13.8 Å². The highest BCUT2D eigenvalue weighted by molar-refractivity contribution is 5.87. The second-order valence-corrected chi connectivity index (χ2v) is 6.51. The maximum Gasteiger partial charge on any atom is 0.239 e. The van der Waals surface area contributed by atoms with Crippen LogP contribution in [0.2, 0.25) is 0 Å². The molecule has 0 aliphatic heterocycles. The monoisotopic (exact) mass is 313 g/mol. The van der Waals surface area contributed by atoms with Gasteiger partial charge in [0.2, 0.25) is 11.8 Å². The Morgan fingerprint density at radius 2 is 1.91 bits per heavy atom. The first kappa shape index (κ1) is 18.9. The van der Waals surface area contributed by atoms with E-state index in [2.05, 4.69) is 17.6 Å². The summed E-state index contributed by atoms with van der Waals surface area (Å²) in [6.07, 6.45) is 5.16. The highest BCUT2D eigenvalue weighted by atomic mass is 16.5. The molecule has 2 amide bonds. The summed E-state index contributed by atoms with van der Waals surface area (Å²) in [5.41, 5.74) is 5.70. The van der Waals surface area contributed by atoms with Gasteiger partial charge >= 0.3 is 0 Å². The van der Waals surface area contributed by atoms with Crippen LogP contribution >= 0.6 is 0 Å². The molecule has 0 saturated heterocycles. The van der Waals surface area contributed by atoms with Gasteiger partial charge in [0.25, 0.3) is 0 Å². The fourth-order valence-electron chi connectivity index (χ4n) is 2.58. The van der Waals surface area contributed by atoms with E-state index in [4.69, 9.17) is 10.5 Å². The molecule has 0 spiro atoms. The van der Waals surface area contributed by atoms with Crippen LogP contribution in [0.5, 0.6) is 0 Å². The van der Waals surface area contributed by atoms with Crippen molar-refractivity contribution in [3.63, 3.8) is 0 Å². The minimum Gasteiger partial charge on any atom is -0.376 e. The number of nitrogens with two attached hydrogens (primary N) is 1. The zero-order chi connectivity index (χ0) is 16.5. The first-order valence-electron chi connectivity index (χ1n) is 8.33. The summed E-state index contributed by atoms with van der Waals surface area (Å²) in [5, 5.41) is 5.29. The molecule has 0 aromatic heterocycles. The molecule has 0 heterocycles. The van der Waals surface area contributed by atoms with E-state index >= 15 is 0 Å². The molecule has 4 N–H and O–H groups in total. The zero-order valence-corrected chi connectivity index (χ0v) is 14.1. The van der Waals surface area contributed by atoms with Crippen molar-refractivity contribution in [3.8, 4) is 0 Å². The molecule has 6 heteroatoms. The van der Waals surface area contributed by atoms with E-state index in [-0.39, 0.29) is 24.3 Å². The van der Waals surface area contributed by atoms with Crippen molar-refractivity contribution in [1.82, 2.24) is 10.6 Å². The fraction of sp³-hybridized carbons (Fsp3) is 0.875. The van der Waals surface area contributed by atoms with Crippen LogP contribution < -0.4 is 16.4 Å². The van der Waals surface area contributed by atoms with Gasteiger partial charge in [0.15, 0.2) is 0 Å². The summed E-state index contributed by atoms with van der Waals surface area (Å²) in [4.78, 5) is 23.3. The third-order valence-electron chi connectivity index (χ3n) is 4.23. The topological polar surface area (TPSA) is 93.5 Å². The molecule has 2 unspecified atom stereocenters. The summed E-state index contributed by atoms with van der Waals surface area (Å²) in [5.74, 6) is 0.136. The fourth-order valence-corrected chi connectivity index (χ4v) is 2.58. The predicted octanol–water partition coefficient (Wildman–Crippen LogP) is 0.797. The van der Waals surface area contributed by atoms with E-state index in [0.717, 1.165) is 6.42 Å². The summed E-state index contributed by atoms with van der Waals surface area (Å²) >= 11 is 0. The number of rotatable bonds is 8. The maximum atomic E-state index is 11.6. The number of hydrogen-bond donors (Lipinski definition) is 3. The van der Waals surface area contributed by atoms with Gasteiger partial charge < -0.3 is 21.1 Å². The highest BCUT2D eigenvalue weighted by Gasteiger charge is 2.21. The lowest BCUT2D eigenvalue weighted by atomic mass is 9.88. The molecule has 1 saturated carbocycles. The Hall–Kier alpha value is -1.14. The lowest BCUT2D eigenvalue weighted by molar-refractivity contribution is -0.127. The Morgan fingerprint density at radius 1 is 1.23 bits per heavy atom. The molecule has 1 aliphatic rings. The minimum absolute atomic E-state index is 0.0426. The number of hydrogen-bond acceptors (Lipinski definition) is 4. The Balaban J connectivity index is 2.09. The standard InChI is InChI=1S/C16H31N3O3/c1-11(2)15(17)16(21)19-10-14(20)18-8-9-22-13-7-5-4-6-12(13)3/h11-13,15H,4-10,17H2,1-3H3,(H,18,20)(H,19,21)/t12?,13?,15-/m0/s1. The van der Waals surface area contributed by atoms with Gasteiger partial charge in [-0.1, -0.05) is 33.6 Å². The molecule has 22 heavy (non-hydrogen) atoms. The number of ether oxygens (including phenoxy) is 1. The third-order valence-corrected chi connectivity index (χ3v) is 4.23. The largest absolute Gasteiger partial charge is 0.376 e. The van der Waals surface area contributed by atoms with Crippen molar-refractivity contribution in [2.45, 2.75) is 58.6 Å². The van der Waals surface area contributed by atoms with Gasteiger partial charge in [-0.05, 0) is 24.7 Å². The van der Waals surface area contributed by atoms with Gasteiger partial charge in [0.1, 0.15) is 0 Å². The number of amides is 2. The number of carbonyl (C=O) groups excluding carboxylic acids is 2. The smallest absolute Gasteiger partial charge is 0.239 e. The minimum atomic E-state index is -0.580. The number of nitrogens with one attached hydrogen (secondary N) is 2. The van der Waals surface area contributed by atoms with E-state index < -0.39 is 6.04 Å². The Kier molecular flexibility index (Phi) is 8.42. The van der Waals surface area contributed by atoms with Crippen LogP contribution in [0.15, 0.2) is 0 Å². The van der Waals surface area contributed by atoms with Crippen LogP contribution in [0.25, 0.3) is 0 Å². The van der Waals surface area contributed by atoms with E-state index in [1.165, 1.54) is 19.3 Å². The predicted molar refractivity (Wildman–Crippen MR) is 86.2 cm³/mol. The van der Waals surface area contributed by atoms with E-state index in [1.54, 1.807) is 0 Å². The molecule has 0 bridgehead atoms. The summed E-state index contributed by atoms with van der Waals surface area (Å²) in [6, 6.07) is -0.580. The summed E-state index contributed by atoms with van der Waals surface area (Å²) in [7, 11) is 0. The Morgan fingerprint density at radius 3 is 2.55 bits per heavy atom. The zero-order valence-electron chi connectivity index (χ0n) is 14.1. The Bertz CT molecular complexity index is 361. The van der Waals surface area contributed by atoms with Crippen LogP contribution in [0.4, 0.5) is 0 Å². The van der Waals surface area contributed by atoms with Crippen LogP contribution in [0.1, 0.15) is 46.5 Å². The molecule has 0 radical (unpaired) electrons. The van der Waals surface area contributed by atoms with Crippen molar-refractivity contribution in [1.29, 1.82) is 0 Å². The van der Waals surface area contributed by atoms with Crippen molar-refractivity contribution in [2.75, 3.05) is 19.7 Å². The lowest BCUT2D eigenvalue weighted by Gasteiger charge is -2.28. The highest BCUT2D eigenvalue weighted by Crippen LogP contribution is 2.25. The lowest BCUT2D eigenvalue weighted by Crippen LogP contribution is -2.47. The van der Waals surface area contributed by atoms with E-state index in [9.17, 15) is 9.59 Å². The molecule has 0 aromatic carbocycles. The first-order chi connectivity index (χ1) is 10.4. The molecule has 0 aromatic rings. The van der Waals surface area contributed by atoms with Gasteiger partial charge in [-0.3, -0.25) is 9.59 Å². The average molecular weight is 313 g/mol. The van der Waals surface area contributed by atoms with Gasteiger partial charge in [0.05, 0.1) is 25.3 Å². The van der Waals surface area contributed by atoms with Gasteiger partial charge in [0, 0.05) is 6.54 Å². The molecule has 1 rings (SSSR count). The SMILES string of the molecule is CC1CCCCC1OCCNC(=O)CNC(=O)[C@@H](N)C(C)C. The second kappa shape index (κ2) is 9.79. The van der Waals surface area contributed by atoms with Gasteiger partial charge in [-0.15, -0.1) is 0 Å². The van der Waals surface area contributed by atoms with Crippen LogP contribution in [0, 0.1) is 11.8 Å². The van der Waals surface area contributed by atoms with Crippen molar-refractivity contribution < 1.29 is 14.3 Å². The molecule has 1 fully saturated rings. The van der Waals surface area contributed by atoms with Crippen molar-refractivity contribution >= 4 is 11.8 Å². The molecule has 6 nitrogen and oxygen atoms in total. The van der Waals surface area contributed by atoms with Crippen LogP contribution in [-0.2, 0) is 14.3 Å². The van der Waals surface area contributed by atoms with Crippen molar-refractivity contribution in [2.24, 2.45) is 17.6 Å². The number of carbonyl (C=O) groups is 2. The van der Waals surface area contributed by atoms with Gasteiger partial charge in [-0.2, -0.15) is 0 Å². The quantitative estimate of drug-likeness (QED) is 0.578. The molecule has 1 aliphatic carbocycles. The van der Waals surface area contributed by atoms with Crippen LogP contribution in [-0.4, -0.2) is 43.7 Å². The van der Waals surface area contributed by atoms with Crippen molar-refractivity contribution in [3.05, 3.63) is 0 Å². The third kappa shape index (κ3) is 6.75. The molecular formula is C16H31N3O3. The molecule has 128 valence electrons. The van der Waals surface area contributed by atoms with E-state index in [0.29, 0.717) is 25.2 Å². The summed E-state index contributed by atoms with van der Waals surface area (Å²) < 4.78 is 5.82. The first-order valence-corrected chi connectivity index (χ1v) is 8.33. The van der Waals surface area contributed by atoms with Crippen LogP contribution in [0.3, 0.4) is 0 Å². The maximum absolute atomic E-state index is 11.6. The summed E-state index contributed by atoms with van der Waals surface area (Å²) in [6.45, 7) is 6.89. The van der Waals surface area contributed by atoms with Gasteiger partial charge in [-0.25, -0.2) is 0 Å². The Labute approximate surface area is 133 Å². The second-order valence-electron chi connectivity index (χ2n) is 6.51. The molecular weight excluding hydrogens is 282 g/mol. The molecule has 3 atom stereocenters.